The fraction of sp³-hybridized carbons (Fsp3) is 0.500. The van der Waals surface area contributed by atoms with Crippen LogP contribution in [0.25, 0.3) is 10.9 Å². The van der Waals surface area contributed by atoms with Crippen LogP contribution in [0, 0.1) is 18.8 Å². The molecule has 1 aliphatic rings. The van der Waals surface area contributed by atoms with Gasteiger partial charge in [-0.25, -0.2) is 0 Å². The molecule has 0 radical (unpaired) electrons. The number of hydrogen-bond donors (Lipinski definition) is 2. The summed E-state index contributed by atoms with van der Waals surface area (Å²) in [6.07, 6.45) is 3.17. The Labute approximate surface area is 126 Å². The Bertz CT molecular complexity index is 648. The largest absolute Gasteiger partial charge is 0.360 e. The van der Waals surface area contributed by atoms with Crippen LogP contribution in [0.15, 0.2) is 24.4 Å². The minimum Gasteiger partial charge on any atom is -0.360 e. The number of Topliss-reactive ketones (excluding diaryl/α,β-unsaturated/α-hetero) is 1. The minimum absolute atomic E-state index is 0.267. The molecule has 1 fully saturated rings. The molecular weight excluding hydrogens is 260 g/mol. The first-order valence-corrected chi connectivity index (χ1v) is 7.97. The van der Waals surface area contributed by atoms with Gasteiger partial charge in [0.1, 0.15) is 6.54 Å². The molecule has 2 N–H and O–H groups in total. The van der Waals surface area contributed by atoms with Crippen molar-refractivity contribution in [3.8, 4) is 0 Å². The second kappa shape index (κ2) is 5.64. The van der Waals surface area contributed by atoms with E-state index in [1.807, 2.05) is 6.20 Å². The van der Waals surface area contributed by atoms with Crippen molar-refractivity contribution in [1.29, 1.82) is 0 Å². The third-order valence-corrected chi connectivity index (χ3v) is 4.63. The van der Waals surface area contributed by atoms with Crippen molar-refractivity contribution in [2.45, 2.75) is 27.2 Å². The van der Waals surface area contributed by atoms with Crippen LogP contribution in [0.5, 0.6) is 0 Å². The molecule has 1 saturated heterocycles. The van der Waals surface area contributed by atoms with Crippen LogP contribution in [0.3, 0.4) is 0 Å². The smallest absolute Gasteiger partial charge is 0.219 e. The first-order chi connectivity index (χ1) is 10.0. The highest BCUT2D eigenvalue weighted by atomic mass is 16.1. The van der Waals surface area contributed by atoms with Gasteiger partial charge in [0.05, 0.1) is 13.1 Å². The van der Waals surface area contributed by atoms with E-state index in [-0.39, 0.29) is 5.78 Å². The quantitative estimate of drug-likeness (QED) is 0.834. The molecule has 0 aliphatic carbocycles. The fourth-order valence-electron chi connectivity index (χ4n) is 3.85. The lowest BCUT2D eigenvalue weighted by atomic mass is 9.91. The summed E-state index contributed by atoms with van der Waals surface area (Å²) in [5.41, 5.74) is 3.11. The van der Waals surface area contributed by atoms with Crippen LogP contribution in [0.2, 0.25) is 0 Å². The molecule has 0 amide bonds. The van der Waals surface area contributed by atoms with E-state index in [0.717, 1.165) is 41.4 Å². The first-order valence-electron chi connectivity index (χ1n) is 7.97. The van der Waals surface area contributed by atoms with Gasteiger partial charge < -0.3 is 9.88 Å². The Balaban J connectivity index is 1.79. The predicted molar refractivity (Wildman–Crippen MR) is 85.9 cm³/mol. The number of benzene rings is 1. The number of nitrogens with one attached hydrogen (secondary N) is 2. The van der Waals surface area contributed by atoms with Gasteiger partial charge in [-0.3, -0.25) is 4.79 Å². The molecule has 2 heterocycles. The third-order valence-electron chi connectivity index (χ3n) is 4.63. The number of H-pyrrole nitrogens is 1. The van der Waals surface area contributed by atoms with E-state index in [9.17, 15) is 4.79 Å². The highest BCUT2D eigenvalue weighted by Crippen LogP contribution is 2.20. The number of aryl methyl sites for hydroxylation is 1. The Kier molecular flexibility index (Phi) is 3.85. The summed E-state index contributed by atoms with van der Waals surface area (Å²) in [5.74, 6) is 1.71. The molecule has 0 spiro atoms. The second-order valence-corrected chi connectivity index (χ2v) is 6.96. The Morgan fingerprint density at radius 1 is 1.29 bits per heavy atom. The van der Waals surface area contributed by atoms with Gasteiger partial charge >= 0.3 is 0 Å². The van der Waals surface area contributed by atoms with Crippen molar-refractivity contribution in [3.63, 3.8) is 0 Å². The summed E-state index contributed by atoms with van der Waals surface area (Å²) in [5, 5.41) is 1.07. The van der Waals surface area contributed by atoms with Crippen molar-refractivity contribution in [2.24, 2.45) is 11.8 Å². The van der Waals surface area contributed by atoms with Gasteiger partial charge in [0.2, 0.25) is 5.78 Å². The van der Waals surface area contributed by atoms with Gasteiger partial charge in [-0.05, 0) is 25.5 Å². The van der Waals surface area contributed by atoms with E-state index < -0.39 is 0 Å². The number of fused-ring (bicyclic) bond motifs is 1. The lowest BCUT2D eigenvalue weighted by molar-refractivity contribution is -0.903. The maximum absolute atomic E-state index is 12.7. The monoisotopic (exact) mass is 285 g/mol. The molecule has 3 rings (SSSR count). The van der Waals surface area contributed by atoms with E-state index in [4.69, 9.17) is 0 Å². The Morgan fingerprint density at radius 3 is 2.71 bits per heavy atom. The van der Waals surface area contributed by atoms with Crippen LogP contribution >= 0.6 is 0 Å². The maximum atomic E-state index is 12.7. The van der Waals surface area contributed by atoms with Gasteiger partial charge in [-0.1, -0.05) is 25.5 Å². The second-order valence-electron chi connectivity index (χ2n) is 6.96. The van der Waals surface area contributed by atoms with Gasteiger partial charge in [0, 0.05) is 34.5 Å². The third kappa shape index (κ3) is 3.03. The Morgan fingerprint density at radius 2 is 2.00 bits per heavy atom. The average Bonchev–Trinajstić information content (AvgIpc) is 2.80. The zero-order valence-electron chi connectivity index (χ0n) is 13.2. The molecule has 0 bridgehead atoms. The lowest BCUT2D eigenvalue weighted by Crippen LogP contribution is -3.15. The molecule has 0 saturated carbocycles. The highest BCUT2D eigenvalue weighted by molar-refractivity contribution is 6.08. The molecule has 1 aromatic heterocycles. The first kappa shape index (κ1) is 14.3. The summed E-state index contributed by atoms with van der Waals surface area (Å²) in [4.78, 5) is 17.3. The van der Waals surface area contributed by atoms with Crippen molar-refractivity contribution in [3.05, 3.63) is 35.5 Å². The van der Waals surface area contributed by atoms with Crippen LogP contribution in [0.1, 0.15) is 36.2 Å². The van der Waals surface area contributed by atoms with E-state index in [1.54, 1.807) is 0 Å². The number of quaternary nitrogens is 1. The molecule has 1 aromatic carbocycles. The number of carbonyl (C=O) groups is 1. The fourth-order valence-corrected chi connectivity index (χ4v) is 3.85. The lowest BCUT2D eigenvalue weighted by Gasteiger charge is -2.31. The molecule has 0 unspecified atom stereocenters. The van der Waals surface area contributed by atoms with Crippen LogP contribution in [-0.4, -0.2) is 30.4 Å². The molecule has 112 valence electrons. The molecule has 2 aromatic rings. The number of carbonyl (C=O) groups excluding carboxylic acids is 1. The zero-order chi connectivity index (χ0) is 15.0. The number of piperidine rings is 1. The van der Waals surface area contributed by atoms with E-state index in [0.29, 0.717) is 6.54 Å². The van der Waals surface area contributed by atoms with Crippen LogP contribution in [0.4, 0.5) is 0 Å². The number of aromatic amines is 1. The maximum Gasteiger partial charge on any atom is 0.219 e. The van der Waals surface area contributed by atoms with Gasteiger partial charge in [0.25, 0.3) is 0 Å². The average molecular weight is 285 g/mol. The summed E-state index contributed by atoms with van der Waals surface area (Å²) in [6, 6.07) is 6.24. The summed E-state index contributed by atoms with van der Waals surface area (Å²) >= 11 is 0. The van der Waals surface area contributed by atoms with Crippen LogP contribution < -0.4 is 4.90 Å². The number of likely N-dealkylation sites (tertiary alicyclic amines) is 1. The summed E-state index contributed by atoms with van der Waals surface area (Å²) in [7, 11) is 0. The van der Waals surface area contributed by atoms with Crippen molar-refractivity contribution in [2.75, 3.05) is 19.6 Å². The highest BCUT2D eigenvalue weighted by Gasteiger charge is 2.27. The van der Waals surface area contributed by atoms with E-state index in [1.165, 1.54) is 16.9 Å². The van der Waals surface area contributed by atoms with Gasteiger partial charge in [0.15, 0.2) is 0 Å². The SMILES string of the molecule is Cc1ccc2[nH]cc(C(=O)C[NH+]3C[C@@H](C)C[C@H](C)C3)c2c1. The van der Waals surface area contributed by atoms with Crippen molar-refractivity contribution < 1.29 is 9.69 Å². The van der Waals surface area contributed by atoms with Gasteiger partial charge in [-0.2, -0.15) is 0 Å². The van der Waals surface area contributed by atoms with Crippen molar-refractivity contribution >= 4 is 16.7 Å². The summed E-state index contributed by atoms with van der Waals surface area (Å²) in [6.45, 7) is 9.54. The Hall–Kier alpha value is -1.61. The molecule has 3 heteroatoms. The van der Waals surface area contributed by atoms with Crippen molar-refractivity contribution in [1.82, 2.24) is 4.98 Å². The van der Waals surface area contributed by atoms with Crippen LogP contribution in [-0.2, 0) is 0 Å². The predicted octanol–water partition coefficient (Wildman–Crippen LogP) is 2.22. The standard InChI is InChI=1S/C18H24N2O/c1-12-4-5-17-15(7-12)16(8-19-17)18(21)11-20-9-13(2)6-14(3)10-20/h4-5,7-8,13-14,19H,6,9-11H2,1-3H3/p+1/t13-,14-/m0/s1. The zero-order valence-corrected chi connectivity index (χ0v) is 13.2. The topological polar surface area (TPSA) is 37.3 Å². The normalized spacial score (nSPS) is 26.1. The number of aromatic nitrogens is 1. The van der Waals surface area contributed by atoms with E-state index >= 15 is 0 Å². The summed E-state index contributed by atoms with van der Waals surface area (Å²) < 4.78 is 0. The molecule has 21 heavy (non-hydrogen) atoms. The minimum atomic E-state index is 0.267. The molecule has 1 aliphatic heterocycles. The molecule has 2 atom stereocenters. The number of rotatable bonds is 3. The molecule has 3 nitrogen and oxygen atoms in total. The number of ketones is 1. The number of hydrogen-bond acceptors (Lipinski definition) is 1. The molecular formula is C18H25N2O+. The van der Waals surface area contributed by atoms with E-state index in [2.05, 4.69) is 44.0 Å². The van der Waals surface area contributed by atoms with Gasteiger partial charge in [-0.15, -0.1) is 0 Å².